The summed E-state index contributed by atoms with van der Waals surface area (Å²) in [6.07, 6.45) is 0.528. The van der Waals surface area contributed by atoms with Crippen LogP contribution in [0, 0.1) is 0 Å². The summed E-state index contributed by atoms with van der Waals surface area (Å²) in [5, 5.41) is 55.9. The van der Waals surface area contributed by atoms with Gasteiger partial charge in [-0.2, -0.15) is 0 Å². The van der Waals surface area contributed by atoms with Crippen LogP contribution in [0.1, 0.15) is 60.8 Å². The van der Waals surface area contributed by atoms with Gasteiger partial charge in [0, 0.05) is 0 Å². The molecule has 0 fully saturated rings. The smallest absolute Gasteiger partial charge is 0.547 e. The second-order valence-electron chi connectivity index (χ2n) is 5.74. The number of aliphatic hydroxyl groups is 3. The maximum Gasteiger partial charge on any atom is 3.00 e. The number of carboxylic acid groups (broad SMARTS) is 3. The van der Waals surface area contributed by atoms with Gasteiger partial charge in [-0.05, 0) is 40.0 Å². The van der Waals surface area contributed by atoms with Crippen LogP contribution in [0.5, 0.6) is 0 Å². The van der Waals surface area contributed by atoms with Gasteiger partial charge in [0.1, 0.15) is 16.8 Å². The van der Waals surface area contributed by atoms with Crippen molar-refractivity contribution in [2.45, 2.75) is 77.6 Å². The first-order valence-corrected chi connectivity index (χ1v) is 7.33. The molecule has 0 bridgehead atoms. The monoisotopic (exact) mass is 378 g/mol. The predicted molar refractivity (Wildman–Crippen MR) is 83.5 cm³/mol. The molecule has 0 aromatic rings. The van der Waals surface area contributed by atoms with Crippen molar-refractivity contribution in [2.24, 2.45) is 0 Å². The third kappa shape index (κ3) is 14.8. The van der Waals surface area contributed by atoms with Crippen molar-refractivity contribution in [3.8, 4) is 0 Å². The topological polar surface area (TPSA) is 181 Å². The van der Waals surface area contributed by atoms with Crippen LogP contribution in [-0.2, 0) is 14.4 Å². The number of hydrogen-bond acceptors (Lipinski definition) is 9. The molecule has 0 aliphatic heterocycles. The van der Waals surface area contributed by atoms with Gasteiger partial charge in [-0.15, -0.1) is 0 Å². The van der Waals surface area contributed by atoms with Gasteiger partial charge in [0.05, 0.1) is 17.9 Å². The zero-order chi connectivity index (χ0) is 20.4. The Bertz CT molecular complexity index is 355. The number of rotatable bonds is 6. The number of carboxylic acids is 3. The van der Waals surface area contributed by atoms with Crippen molar-refractivity contribution in [1.82, 2.24) is 0 Å². The van der Waals surface area contributed by atoms with Crippen molar-refractivity contribution in [3.05, 3.63) is 0 Å². The van der Waals surface area contributed by atoms with Gasteiger partial charge in [-0.25, -0.2) is 0 Å². The van der Waals surface area contributed by atoms with E-state index in [0.717, 1.165) is 0 Å². The first-order chi connectivity index (χ1) is 10.5. The van der Waals surface area contributed by atoms with Crippen molar-refractivity contribution in [1.29, 1.82) is 0 Å². The fraction of sp³-hybridized carbons (Fsp3) is 0.800. The molecule has 0 radical (unpaired) electrons. The number of aliphatic carboxylic acids is 3. The van der Waals surface area contributed by atoms with E-state index in [2.05, 4.69) is 0 Å². The van der Waals surface area contributed by atoms with Crippen molar-refractivity contribution < 1.29 is 45.0 Å². The standard InChI is InChI=1S/3C5H10O3.Al/c3*1-3-5(2,8)4(6)7;/h3*8H,3H2,1-2H3,(H,6,7);/q;;;+3/p-3. The predicted octanol–water partition coefficient (Wildman–Crippen LogP) is -3.69. The van der Waals surface area contributed by atoms with E-state index in [1.165, 1.54) is 20.8 Å². The second kappa shape index (κ2) is 13.1. The van der Waals surface area contributed by atoms with Crippen LogP contribution < -0.4 is 15.3 Å². The molecular weight excluding hydrogens is 351 g/mol. The molecule has 0 spiro atoms. The van der Waals surface area contributed by atoms with Crippen LogP contribution in [0.2, 0.25) is 0 Å². The zero-order valence-corrected chi connectivity index (χ0v) is 16.6. The summed E-state index contributed by atoms with van der Waals surface area (Å²) in [5.74, 6) is -4.25. The molecule has 3 N–H and O–H groups in total. The molecule has 10 heteroatoms. The first kappa shape index (κ1) is 31.6. The van der Waals surface area contributed by atoms with Crippen LogP contribution in [-0.4, -0.2) is 67.4 Å². The Labute approximate surface area is 158 Å². The van der Waals surface area contributed by atoms with Gasteiger partial charge in [0.15, 0.2) is 0 Å². The Morgan fingerprint density at radius 3 is 0.760 bits per heavy atom. The summed E-state index contributed by atoms with van der Waals surface area (Å²) in [5.41, 5.74) is -4.96. The van der Waals surface area contributed by atoms with Gasteiger partial charge >= 0.3 is 17.4 Å². The largest absolute Gasteiger partial charge is 3.00 e. The Kier molecular flexibility index (Phi) is 16.5. The Balaban J connectivity index is -0.000000130. The molecule has 25 heavy (non-hydrogen) atoms. The van der Waals surface area contributed by atoms with Gasteiger partial charge in [0.2, 0.25) is 0 Å². The molecule has 0 saturated carbocycles. The molecule has 0 rings (SSSR count). The van der Waals surface area contributed by atoms with E-state index in [9.17, 15) is 29.7 Å². The fourth-order valence-corrected chi connectivity index (χ4v) is 0.433. The zero-order valence-electron chi connectivity index (χ0n) is 15.5. The Hall–Kier alpha value is -1.18. The van der Waals surface area contributed by atoms with Gasteiger partial charge in [-0.1, -0.05) is 20.8 Å². The minimum atomic E-state index is -1.65. The van der Waals surface area contributed by atoms with Crippen molar-refractivity contribution in [3.63, 3.8) is 0 Å². The summed E-state index contributed by atoms with van der Waals surface area (Å²) in [4.78, 5) is 29.7. The number of carbonyl (C=O) groups excluding carboxylic acids is 3. The average molecular weight is 378 g/mol. The minimum absolute atomic E-state index is 0. The third-order valence-electron chi connectivity index (χ3n) is 3.38. The summed E-state index contributed by atoms with van der Waals surface area (Å²) in [7, 11) is 0. The van der Waals surface area contributed by atoms with Crippen molar-refractivity contribution in [2.75, 3.05) is 0 Å². The summed E-state index contributed by atoms with van der Waals surface area (Å²) < 4.78 is 0. The molecule has 0 aliphatic carbocycles. The molecule has 144 valence electrons. The van der Waals surface area contributed by atoms with Gasteiger partial charge in [-0.3, -0.25) is 0 Å². The third-order valence-corrected chi connectivity index (χ3v) is 3.38. The minimum Gasteiger partial charge on any atom is -0.547 e. The molecule has 3 unspecified atom stereocenters. The molecular formula is C15H27AlO9. The van der Waals surface area contributed by atoms with Gasteiger partial charge in [0.25, 0.3) is 0 Å². The van der Waals surface area contributed by atoms with Crippen LogP contribution in [0.3, 0.4) is 0 Å². The fourth-order valence-electron chi connectivity index (χ4n) is 0.433. The van der Waals surface area contributed by atoms with Crippen LogP contribution >= 0.6 is 0 Å². The Morgan fingerprint density at radius 2 is 0.760 bits per heavy atom. The quantitative estimate of drug-likeness (QED) is 0.392. The molecule has 3 atom stereocenters. The second-order valence-corrected chi connectivity index (χ2v) is 5.74. The summed E-state index contributed by atoms with van der Waals surface area (Å²) in [6.45, 7) is 8.37. The molecule has 0 saturated heterocycles. The number of carbonyl (C=O) groups is 3. The molecule has 0 aromatic carbocycles. The molecule has 0 aliphatic rings. The number of hydrogen-bond donors (Lipinski definition) is 3. The molecule has 0 heterocycles. The molecule has 9 nitrogen and oxygen atoms in total. The average Bonchev–Trinajstić information content (AvgIpc) is 2.47. The van der Waals surface area contributed by atoms with Crippen molar-refractivity contribution >= 4 is 35.3 Å². The Morgan fingerprint density at radius 1 is 0.640 bits per heavy atom. The maximum atomic E-state index is 9.89. The van der Waals surface area contributed by atoms with E-state index in [-0.39, 0.29) is 36.6 Å². The maximum absolute atomic E-state index is 9.89. The van der Waals surface area contributed by atoms with E-state index in [1.54, 1.807) is 20.8 Å². The summed E-state index contributed by atoms with van der Waals surface area (Å²) in [6, 6.07) is 0. The van der Waals surface area contributed by atoms with Gasteiger partial charge < -0.3 is 45.0 Å². The van der Waals surface area contributed by atoms with E-state index in [4.69, 9.17) is 15.3 Å². The van der Waals surface area contributed by atoms with E-state index < -0.39 is 34.7 Å². The SMILES string of the molecule is CCC(C)(O)C(=O)[O-].CCC(C)(O)C(=O)[O-].CCC(C)(O)C(=O)[O-].[Al+3]. The molecule has 0 aromatic heterocycles. The van der Waals surface area contributed by atoms with Crippen LogP contribution in [0.4, 0.5) is 0 Å². The van der Waals surface area contributed by atoms with Crippen LogP contribution in [0.15, 0.2) is 0 Å². The first-order valence-electron chi connectivity index (χ1n) is 7.33. The van der Waals surface area contributed by atoms with E-state index in [0.29, 0.717) is 0 Å². The van der Waals surface area contributed by atoms with Crippen LogP contribution in [0.25, 0.3) is 0 Å². The summed E-state index contributed by atoms with van der Waals surface area (Å²) >= 11 is 0. The van der Waals surface area contributed by atoms with E-state index in [1.807, 2.05) is 0 Å². The van der Waals surface area contributed by atoms with E-state index >= 15 is 0 Å². The normalized spacial score (nSPS) is 16.7. The molecule has 0 amide bonds.